The van der Waals surface area contributed by atoms with Crippen molar-refractivity contribution in [3.05, 3.63) is 125 Å². The molecule has 6 aromatic rings. The molecule has 42 heavy (non-hydrogen) atoms. The molecule has 2 heterocycles. The number of benzene rings is 5. The number of rotatable bonds is 4. The molecule has 0 atom stereocenters. The van der Waals surface area contributed by atoms with Gasteiger partial charge < -0.3 is 13.7 Å². The monoisotopic (exact) mass is 550 g/mol. The molecule has 1 fully saturated rings. The summed E-state index contributed by atoms with van der Waals surface area (Å²) in [5.74, 6) is 0. The van der Waals surface area contributed by atoms with Gasteiger partial charge in [-0.25, -0.2) is 0 Å². The zero-order valence-electron chi connectivity index (χ0n) is 24.2. The predicted octanol–water partition coefficient (Wildman–Crippen LogP) is 8.25. The normalized spacial score (nSPS) is 15.9. The van der Waals surface area contributed by atoms with Crippen LogP contribution in [-0.2, 0) is 9.31 Å². The third kappa shape index (κ3) is 4.55. The maximum Gasteiger partial charge on any atom is 0.494 e. The Bertz CT molecular complexity index is 1990. The molecule has 0 N–H and O–H groups in total. The van der Waals surface area contributed by atoms with Gasteiger partial charge in [-0.2, -0.15) is 0 Å². The molecule has 1 saturated heterocycles. The first-order valence-electron chi connectivity index (χ1n) is 14.3. The Labute approximate surface area is 245 Å². The van der Waals surface area contributed by atoms with Crippen molar-refractivity contribution in [2.24, 2.45) is 0 Å². The maximum absolute atomic E-state index is 13.2. The van der Waals surface area contributed by atoms with Crippen LogP contribution in [0.25, 0.3) is 55.3 Å². The first-order valence-corrected chi connectivity index (χ1v) is 14.3. The zero-order valence-corrected chi connectivity index (χ0v) is 24.2. The number of hydrogen-bond acceptors (Lipinski definition) is 4. The largest absolute Gasteiger partial charge is 0.494 e. The quantitative estimate of drug-likeness (QED) is 0.164. The van der Waals surface area contributed by atoms with Crippen molar-refractivity contribution < 1.29 is 13.7 Å². The Balaban J connectivity index is 1.28. The second-order valence-electron chi connectivity index (χ2n) is 12.0. The maximum atomic E-state index is 13.2. The Morgan fingerprint density at radius 2 is 1.02 bits per heavy atom. The van der Waals surface area contributed by atoms with Gasteiger partial charge in [0, 0.05) is 0 Å². The van der Waals surface area contributed by atoms with Gasteiger partial charge in [0.15, 0.2) is 0 Å². The fraction of sp³-hybridized carbons (Fsp3) is 0.162. The lowest BCUT2D eigenvalue weighted by molar-refractivity contribution is 0.00578. The van der Waals surface area contributed by atoms with Crippen molar-refractivity contribution in [2.45, 2.75) is 38.9 Å². The van der Waals surface area contributed by atoms with Gasteiger partial charge in [-0.15, -0.1) is 0 Å². The third-order valence-electron chi connectivity index (χ3n) is 8.72. The van der Waals surface area contributed by atoms with Crippen LogP contribution in [0.3, 0.4) is 0 Å². The van der Waals surface area contributed by atoms with Gasteiger partial charge in [0.25, 0.3) is 0 Å². The molecule has 1 aliphatic heterocycles. The average molecular weight is 550 g/mol. The Morgan fingerprint density at radius 1 is 0.500 bits per heavy atom. The van der Waals surface area contributed by atoms with E-state index in [4.69, 9.17) is 13.7 Å². The van der Waals surface area contributed by atoms with Crippen molar-refractivity contribution in [3.63, 3.8) is 0 Å². The van der Waals surface area contributed by atoms with Crippen molar-refractivity contribution in [1.82, 2.24) is 0 Å². The van der Waals surface area contributed by atoms with Gasteiger partial charge in [0.1, 0.15) is 11.2 Å². The molecule has 0 bridgehead atoms. The molecule has 0 amide bonds. The Hall–Kier alpha value is -4.45. The molecule has 0 saturated carbocycles. The molecule has 0 spiro atoms. The standard InChI is InChI=1S/C37H31BO4/c1-36(2)37(3,4)42-38(41-36)30-21-28(24-10-6-5-7-11-24)20-29(22-30)26-16-14-25(15-17-26)27-18-19-34-32(23-27)35(39)31-12-8-9-13-33(31)40-34/h5-23H,1-4H3. The molecule has 7 rings (SSSR count). The van der Waals surface area contributed by atoms with Crippen LogP contribution in [0.1, 0.15) is 27.7 Å². The fourth-order valence-corrected chi connectivity index (χ4v) is 5.57. The highest BCUT2D eigenvalue weighted by Gasteiger charge is 2.51. The minimum atomic E-state index is -0.461. The molecule has 206 valence electrons. The van der Waals surface area contributed by atoms with E-state index < -0.39 is 18.3 Å². The summed E-state index contributed by atoms with van der Waals surface area (Å²) in [5.41, 5.74) is 7.71. The van der Waals surface area contributed by atoms with E-state index in [-0.39, 0.29) is 5.43 Å². The van der Waals surface area contributed by atoms with E-state index in [0.29, 0.717) is 21.9 Å². The van der Waals surface area contributed by atoms with Crippen LogP contribution in [0.2, 0.25) is 0 Å². The van der Waals surface area contributed by atoms with E-state index in [1.807, 2.05) is 48.5 Å². The summed E-state index contributed by atoms with van der Waals surface area (Å²) >= 11 is 0. The average Bonchev–Trinajstić information content (AvgIpc) is 3.23. The highest BCUT2D eigenvalue weighted by atomic mass is 16.7. The SMILES string of the molecule is CC1(C)OB(c2cc(-c3ccccc3)cc(-c3ccc(-c4ccc5oc6ccccc6c(=O)c5c4)cc3)c2)OC1(C)C. The second-order valence-corrected chi connectivity index (χ2v) is 12.0. The molecule has 1 aromatic heterocycles. The number of hydrogen-bond donors (Lipinski definition) is 0. The Morgan fingerprint density at radius 3 is 1.69 bits per heavy atom. The van der Waals surface area contributed by atoms with Crippen LogP contribution in [-0.4, -0.2) is 18.3 Å². The second kappa shape index (κ2) is 9.83. The van der Waals surface area contributed by atoms with Crippen molar-refractivity contribution in [1.29, 1.82) is 0 Å². The molecule has 0 aliphatic carbocycles. The summed E-state index contributed by atoms with van der Waals surface area (Å²) in [5, 5.41) is 1.17. The summed E-state index contributed by atoms with van der Waals surface area (Å²) in [7, 11) is -0.461. The minimum absolute atomic E-state index is 0.0155. The fourth-order valence-electron chi connectivity index (χ4n) is 5.57. The Kier molecular flexibility index (Phi) is 6.19. The third-order valence-corrected chi connectivity index (χ3v) is 8.72. The molecule has 1 aliphatic rings. The summed E-state index contributed by atoms with van der Waals surface area (Å²) in [6.45, 7) is 8.30. The molecular formula is C37H31BO4. The topological polar surface area (TPSA) is 48.7 Å². The van der Waals surface area contributed by atoms with Crippen LogP contribution in [0.5, 0.6) is 0 Å². The lowest BCUT2D eigenvalue weighted by atomic mass is 9.76. The predicted molar refractivity (Wildman–Crippen MR) is 172 cm³/mol. The summed E-state index contributed by atoms with van der Waals surface area (Å²) < 4.78 is 18.9. The zero-order chi connectivity index (χ0) is 29.1. The lowest BCUT2D eigenvalue weighted by Gasteiger charge is -2.32. The van der Waals surface area contributed by atoms with Crippen LogP contribution in [0.4, 0.5) is 0 Å². The van der Waals surface area contributed by atoms with Crippen molar-refractivity contribution >= 4 is 34.5 Å². The first kappa shape index (κ1) is 26.5. The van der Waals surface area contributed by atoms with E-state index in [1.165, 1.54) is 0 Å². The minimum Gasteiger partial charge on any atom is -0.456 e. The van der Waals surface area contributed by atoms with E-state index in [2.05, 4.69) is 94.4 Å². The molecule has 0 unspecified atom stereocenters. The van der Waals surface area contributed by atoms with Crippen LogP contribution in [0.15, 0.2) is 124 Å². The van der Waals surface area contributed by atoms with Crippen molar-refractivity contribution in [3.8, 4) is 33.4 Å². The smallest absolute Gasteiger partial charge is 0.456 e. The molecule has 0 radical (unpaired) electrons. The molecule has 5 aromatic carbocycles. The highest BCUT2D eigenvalue weighted by molar-refractivity contribution is 6.62. The van der Waals surface area contributed by atoms with Crippen molar-refractivity contribution in [2.75, 3.05) is 0 Å². The highest BCUT2D eigenvalue weighted by Crippen LogP contribution is 2.37. The van der Waals surface area contributed by atoms with Crippen LogP contribution < -0.4 is 10.9 Å². The summed E-state index contributed by atoms with van der Waals surface area (Å²) in [6, 6.07) is 38.6. The molecule has 5 heteroatoms. The van der Waals surface area contributed by atoms with Gasteiger partial charge in [-0.1, -0.05) is 84.9 Å². The van der Waals surface area contributed by atoms with Crippen LogP contribution in [0, 0.1) is 0 Å². The lowest BCUT2D eigenvalue weighted by Crippen LogP contribution is -2.41. The van der Waals surface area contributed by atoms with Gasteiger partial charge in [0.05, 0.1) is 22.0 Å². The number of para-hydroxylation sites is 1. The van der Waals surface area contributed by atoms with Gasteiger partial charge in [0.2, 0.25) is 5.43 Å². The van der Waals surface area contributed by atoms with E-state index >= 15 is 0 Å². The number of fused-ring (bicyclic) bond motifs is 2. The summed E-state index contributed by atoms with van der Waals surface area (Å²) in [6.07, 6.45) is 0. The van der Waals surface area contributed by atoms with E-state index in [1.54, 1.807) is 0 Å². The van der Waals surface area contributed by atoms with Crippen LogP contribution >= 0.6 is 0 Å². The first-order chi connectivity index (χ1) is 20.2. The molecular weight excluding hydrogens is 519 g/mol. The van der Waals surface area contributed by atoms with E-state index in [0.717, 1.165) is 38.8 Å². The van der Waals surface area contributed by atoms with Gasteiger partial charge in [-0.05, 0) is 96.9 Å². The van der Waals surface area contributed by atoms with Gasteiger partial charge >= 0.3 is 7.12 Å². The van der Waals surface area contributed by atoms with Gasteiger partial charge in [-0.3, -0.25) is 4.79 Å². The molecule has 4 nitrogen and oxygen atoms in total. The summed E-state index contributed by atoms with van der Waals surface area (Å²) in [4.78, 5) is 13.2. The van der Waals surface area contributed by atoms with E-state index in [9.17, 15) is 4.79 Å².